The average molecular weight is 709 g/mol. The van der Waals surface area contributed by atoms with Gasteiger partial charge in [0, 0.05) is 93.0 Å². The fourth-order valence-electron chi connectivity index (χ4n) is 7.66. The molecule has 5 rings (SSSR count). The second kappa shape index (κ2) is 20.1. The van der Waals surface area contributed by atoms with Crippen molar-refractivity contribution < 1.29 is 15.0 Å². The van der Waals surface area contributed by atoms with Crippen molar-refractivity contribution in [3.05, 3.63) is 0 Å². The molecule has 5 saturated heterocycles. The van der Waals surface area contributed by atoms with Gasteiger partial charge in [0.2, 0.25) is 0 Å². The van der Waals surface area contributed by atoms with Crippen LogP contribution in [0, 0.1) is 0 Å². The van der Waals surface area contributed by atoms with E-state index in [4.69, 9.17) is 0 Å². The molecule has 5 fully saturated rings. The minimum atomic E-state index is -0.0841. The molecule has 296 valence electrons. The third-order valence-corrected chi connectivity index (χ3v) is 11.1. The molecule has 5 heterocycles. The van der Waals surface area contributed by atoms with E-state index in [1.165, 1.54) is 65.0 Å². The predicted molar refractivity (Wildman–Crippen MR) is 212 cm³/mol. The fraction of sp³-hybridized carbons (Fsp3) is 0.976. The summed E-state index contributed by atoms with van der Waals surface area (Å²) in [6.45, 7) is 40.9. The topological polar surface area (TPSA) is 85.8 Å². The van der Waals surface area contributed by atoms with Crippen LogP contribution in [0.25, 0.3) is 0 Å². The van der Waals surface area contributed by atoms with E-state index in [-0.39, 0.29) is 29.1 Å². The van der Waals surface area contributed by atoms with Gasteiger partial charge in [0.25, 0.3) is 0 Å². The number of hydrogen-bond acceptors (Lipinski definition) is 9. The van der Waals surface area contributed by atoms with Crippen LogP contribution in [0.1, 0.15) is 141 Å². The van der Waals surface area contributed by atoms with Gasteiger partial charge in [-0.15, -0.1) is 0 Å². The summed E-state index contributed by atoms with van der Waals surface area (Å²) in [5, 5.41) is 22.1. The number of carbonyl (C=O) groups is 1. The first kappa shape index (κ1) is 45.5. The molecule has 0 radical (unpaired) electrons. The van der Waals surface area contributed by atoms with Gasteiger partial charge < -0.3 is 20.3 Å². The van der Waals surface area contributed by atoms with Crippen LogP contribution in [-0.4, -0.2) is 159 Å². The number of β-amino-alcohol motifs (C(OH)–C–C–N with tert-alkyl or cyclic N) is 2. The zero-order valence-electron chi connectivity index (χ0n) is 35.3. The van der Waals surface area contributed by atoms with E-state index in [0.717, 1.165) is 58.0 Å². The normalized spacial score (nSPS) is 27.8. The molecule has 0 spiro atoms. The van der Waals surface area contributed by atoms with E-state index in [1.807, 2.05) is 0 Å². The molecule has 0 amide bonds. The molecule has 0 aliphatic carbocycles. The second-order valence-electron chi connectivity index (χ2n) is 19.8. The molecule has 50 heavy (non-hydrogen) atoms. The first-order chi connectivity index (χ1) is 23.0. The third-order valence-electron chi connectivity index (χ3n) is 11.1. The summed E-state index contributed by atoms with van der Waals surface area (Å²) in [7, 11) is 0. The molecule has 0 aromatic carbocycles. The Kier molecular flexibility index (Phi) is 18.3. The monoisotopic (exact) mass is 709 g/mol. The lowest BCUT2D eigenvalue weighted by molar-refractivity contribution is -0.117. The highest BCUT2D eigenvalue weighted by atomic mass is 16.3. The number of carbonyl (C=O) groups excluding carboxylic acids is 1. The summed E-state index contributed by atoms with van der Waals surface area (Å²) < 4.78 is 0. The maximum atomic E-state index is 10.5. The summed E-state index contributed by atoms with van der Waals surface area (Å²) in [6.07, 6.45) is 8.89. The number of rotatable bonds is 6. The molecule has 0 aromatic rings. The van der Waals surface area contributed by atoms with Crippen molar-refractivity contribution >= 4 is 5.78 Å². The molecule has 5 aliphatic rings. The first-order valence-corrected chi connectivity index (χ1v) is 20.3. The van der Waals surface area contributed by atoms with E-state index in [9.17, 15) is 15.0 Å². The number of aliphatic hydroxyl groups is 2. The highest BCUT2D eigenvalue weighted by Crippen LogP contribution is 2.27. The van der Waals surface area contributed by atoms with Crippen LogP contribution in [0.4, 0.5) is 0 Å². The molecular weight excluding hydrogens is 624 g/mol. The van der Waals surface area contributed by atoms with Gasteiger partial charge in [0.05, 0.1) is 12.2 Å². The van der Waals surface area contributed by atoms with E-state index in [2.05, 4.69) is 113 Å². The van der Waals surface area contributed by atoms with Crippen molar-refractivity contribution in [2.45, 2.75) is 188 Å². The first-order valence-electron chi connectivity index (χ1n) is 20.3. The Morgan fingerprint density at radius 2 is 1.00 bits per heavy atom. The third kappa shape index (κ3) is 17.5. The maximum absolute atomic E-state index is 10.5. The lowest BCUT2D eigenvalue weighted by atomic mass is 10.1. The van der Waals surface area contributed by atoms with E-state index < -0.39 is 0 Å². The Morgan fingerprint density at radius 1 is 0.580 bits per heavy atom. The Labute approximate surface area is 309 Å². The van der Waals surface area contributed by atoms with Gasteiger partial charge in [-0.2, -0.15) is 0 Å². The lowest BCUT2D eigenvalue weighted by Crippen LogP contribution is -2.43. The van der Waals surface area contributed by atoms with Gasteiger partial charge >= 0.3 is 0 Å². The summed E-state index contributed by atoms with van der Waals surface area (Å²) in [4.78, 5) is 23.2. The van der Waals surface area contributed by atoms with Gasteiger partial charge in [0.1, 0.15) is 5.78 Å². The van der Waals surface area contributed by atoms with Crippen LogP contribution in [0.5, 0.6) is 0 Å². The summed E-state index contributed by atoms with van der Waals surface area (Å²) in [6, 6.07) is 1.54. The average Bonchev–Trinajstić information content (AvgIpc) is 3.80. The van der Waals surface area contributed by atoms with Crippen molar-refractivity contribution in [3.8, 4) is 0 Å². The maximum Gasteiger partial charge on any atom is 0.129 e. The Bertz CT molecular complexity index is 959. The smallest absolute Gasteiger partial charge is 0.129 e. The van der Waals surface area contributed by atoms with Crippen molar-refractivity contribution in [1.29, 1.82) is 0 Å². The van der Waals surface area contributed by atoms with E-state index >= 15 is 0 Å². The van der Waals surface area contributed by atoms with Crippen LogP contribution in [0.3, 0.4) is 0 Å². The molecule has 9 heteroatoms. The van der Waals surface area contributed by atoms with Crippen molar-refractivity contribution in [3.63, 3.8) is 0 Å². The Balaban J connectivity index is 0.000000235. The summed E-state index contributed by atoms with van der Waals surface area (Å²) in [5.74, 6) is 0.278. The molecular formula is C41H84N6O3. The minimum absolute atomic E-state index is 0.0753. The van der Waals surface area contributed by atoms with Gasteiger partial charge in [-0.25, -0.2) is 0 Å². The fourth-order valence-corrected chi connectivity index (χ4v) is 7.66. The Hall–Kier alpha value is -0.650. The lowest BCUT2D eigenvalue weighted by Gasteiger charge is -2.32. The number of aliphatic hydroxyl groups excluding tert-OH is 2. The number of Topliss-reactive ketones (excluding diaryl/α,β-unsaturated/α-hetero) is 1. The van der Waals surface area contributed by atoms with Gasteiger partial charge in [-0.1, -0.05) is 0 Å². The molecule has 4 unspecified atom stereocenters. The summed E-state index contributed by atoms with van der Waals surface area (Å²) >= 11 is 0. The largest absolute Gasteiger partial charge is 0.392 e. The SMILES string of the molecule is CC(=O)CCCNC(C)(C)C.CC(C)(C)N1CCC(N2CCC(O)C2)C1.CC(C)(C)N1CCC(N2CCCC2)C1.CC(C)(C)N1CCC(O)C1. The van der Waals surface area contributed by atoms with Crippen LogP contribution in [0.15, 0.2) is 0 Å². The molecule has 5 aliphatic heterocycles. The molecule has 0 aromatic heterocycles. The van der Waals surface area contributed by atoms with Crippen molar-refractivity contribution in [1.82, 2.24) is 29.8 Å². The van der Waals surface area contributed by atoms with Crippen LogP contribution in [-0.2, 0) is 4.79 Å². The minimum Gasteiger partial charge on any atom is -0.392 e. The number of hydrogen-bond donors (Lipinski definition) is 3. The van der Waals surface area contributed by atoms with Crippen LogP contribution in [0.2, 0.25) is 0 Å². The van der Waals surface area contributed by atoms with E-state index in [0.29, 0.717) is 23.5 Å². The number of nitrogens with one attached hydrogen (secondary N) is 1. The van der Waals surface area contributed by atoms with Crippen LogP contribution >= 0.6 is 0 Å². The van der Waals surface area contributed by atoms with Crippen molar-refractivity contribution in [2.24, 2.45) is 0 Å². The van der Waals surface area contributed by atoms with Gasteiger partial charge in [0.15, 0.2) is 0 Å². The summed E-state index contributed by atoms with van der Waals surface area (Å²) in [5.41, 5.74) is 1.08. The standard InChI is InChI=1S/C12H24N2O.C12H24N2.C9H19NO.C8H17NO/c1-12(2,3)14-7-4-10(8-14)13-6-5-11(15)9-13;1-12(2,3)14-9-6-11(10-14)13-7-4-5-8-13;1-8(11)6-5-7-10-9(2,3)4;1-8(2,3)9-5-4-7(10)6-9/h10-11,15H,4-9H2,1-3H3;11H,4-10H2,1-3H3;10H,5-7H2,1-4H3;7,10H,4-6H2,1-3H3. The number of nitrogens with zero attached hydrogens (tertiary/aromatic N) is 5. The van der Waals surface area contributed by atoms with Gasteiger partial charge in [-0.05, 0) is 155 Å². The highest BCUT2D eigenvalue weighted by Gasteiger charge is 2.36. The number of likely N-dealkylation sites (tertiary alicyclic amines) is 5. The molecule has 0 saturated carbocycles. The predicted octanol–water partition coefficient (Wildman–Crippen LogP) is 5.48. The highest BCUT2D eigenvalue weighted by molar-refractivity contribution is 5.75. The molecule has 4 atom stereocenters. The van der Waals surface area contributed by atoms with Crippen molar-refractivity contribution in [2.75, 3.05) is 72.0 Å². The quantitative estimate of drug-likeness (QED) is 0.311. The van der Waals surface area contributed by atoms with E-state index in [1.54, 1.807) is 6.92 Å². The zero-order valence-corrected chi connectivity index (χ0v) is 35.3. The van der Waals surface area contributed by atoms with Gasteiger partial charge in [-0.3, -0.25) is 24.5 Å². The van der Waals surface area contributed by atoms with Crippen LogP contribution < -0.4 is 5.32 Å². The zero-order chi connectivity index (χ0) is 37.9. The molecule has 0 bridgehead atoms. The second-order valence-corrected chi connectivity index (χ2v) is 19.8. The molecule has 9 nitrogen and oxygen atoms in total. The Morgan fingerprint density at radius 3 is 1.34 bits per heavy atom. The molecule has 3 N–H and O–H groups in total. The number of ketones is 1.